The summed E-state index contributed by atoms with van der Waals surface area (Å²) in [6.45, 7) is 0. The molecule has 1 saturated heterocycles. The minimum absolute atomic E-state index is 0.0387. The molecule has 1 unspecified atom stereocenters. The van der Waals surface area contributed by atoms with Gasteiger partial charge in [0.15, 0.2) is 9.84 Å². The molecule has 2 amide bonds. The van der Waals surface area contributed by atoms with Crippen molar-refractivity contribution < 1.29 is 18.0 Å². The second-order valence-corrected chi connectivity index (χ2v) is 9.57. The molecule has 2 saturated carbocycles. The summed E-state index contributed by atoms with van der Waals surface area (Å²) in [6.07, 6.45) is 5.70. The smallest absolute Gasteiger partial charge is 0.225 e. The molecule has 1 aliphatic heterocycles. The summed E-state index contributed by atoms with van der Waals surface area (Å²) in [6, 6.07) is 0.209. The van der Waals surface area contributed by atoms with Gasteiger partial charge in [-0.1, -0.05) is 0 Å². The highest BCUT2D eigenvalue weighted by Crippen LogP contribution is 2.32. The van der Waals surface area contributed by atoms with Gasteiger partial charge in [0.25, 0.3) is 0 Å². The highest BCUT2D eigenvalue weighted by atomic mass is 32.2. The molecule has 0 radical (unpaired) electrons. The monoisotopic (exact) mass is 342 g/mol. The molecule has 0 aromatic rings. The van der Waals surface area contributed by atoms with Gasteiger partial charge in [-0.15, -0.1) is 0 Å². The molecular formula is C16H26N2O4S. The molecule has 1 heterocycles. The fourth-order valence-electron chi connectivity index (χ4n) is 3.70. The molecule has 6 nitrogen and oxygen atoms in total. The number of hydrogen-bond donors (Lipinski definition) is 1. The number of hydrogen-bond acceptors (Lipinski definition) is 4. The Balaban J connectivity index is 1.48. The molecule has 0 spiro atoms. The minimum Gasteiger partial charge on any atom is -0.353 e. The van der Waals surface area contributed by atoms with Crippen molar-refractivity contribution in [3.05, 3.63) is 0 Å². The third kappa shape index (κ3) is 4.05. The van der Waals surface area contributed by atoms with E-state index in [4.69, 9.17) is 0 Å². The van der Waals surface area contributed by atoms with Gasteiger partial charge in [0.2, 0.25) is 11.8 Å². The van der Waals surface area contributed by atoms with Gasteiger partial charge in [0, 0.05) is 31.0 Å². The van der Waals surface area contributed by atoms with E-state index >= 15 is 0 Å². The van der Waals surface area contributed by atoms with Crippen LogP contribution < -0.4 is 5.32 Å². The number of nitrogens with one attached hydrogen (secondary N) is 1. The van der Waals surface area contributed by atoms with Crippen LogP contribution in [0.3, 0.4) is 0 Å². The SMILES string of the molecule is CN(C(=O)C1CCC(C(=O)NC2CC2)CC1)C1CCS(=O)(=O)C1. The Kier molecular flexibility index (Phi) is 4.67. The molecule has 2 aliphatic carbocycles. The lowest BCUT2D eigenvalue weighted by Crippen LogP contribution is -2.43. The summed E-state index contributed by atoms with van der Waals surface area (Å²) in [5.74, 6) is 0.449. The first kappa shape index (κ1) is 16.7. The second-order valence-electron chi connectivity index (χ2n) is 7.34. The van der Waals surface area contributed by atoms with Gasteiger partial charge in [-0.05, 0) is 44.9 Å². The normalized spacial score (nSPS) is 33.2. The molecule has 130 valence electrons. The number of rotatable bonds is 4. The number of carbonyl (C=O) groups excluding carboxylic acids is 2. The molecule has 1 atom stereocenters. The van der Waals surface area contributed by atoms with Crippen molar-refractivity contribution in [2.75, 3.05) is 18.6 Å². The van der Waals surface area contributed by atoms with Crippen LogP contribution in [-0.2, 0) is 19.4 Å². The lowest BCUT2D eigenvalue weighted by molar-refractivity contribution is -0.138. The molecule has 3 fully saturated rings. The van der Waals surface area contributed by atoms with Gasteiger partial charge < -0.3 is 10.2 Å². The van der Waals surface area contributed by atoms with E-state index < -0.39 is 9.84 Å². The first-order valence-corrected chi connectivity index (χ1v) is 10.5. The van der Waals surface area contributed by atoms with Crippen LogP contribution in [0.2, 0.25) is 0 Å². The minimum atomic E-state index is -2.98. The predicted octanol–water partition coefficient (Wildman–Crippen LogP) is 0.717. The molecule has 0 aromatic carbocycles. The first-order chi connectivity index (χ1) is 10.9. The summed E-state index contributed by atoms with van der Waals surface area (Å²) in [5, 5.41) is 3.04. The van der Waals surface area contributed by atoms with E-state index in [0.717, 1.165) is 38.5 Å². The molecule has 0 bridgehead atoms. The average molecular weight is 342 g/mol. The average Bonchev–Trinajstić information content (AvgIpc) is 3.27. The van der Waals surface area contributed by atoms with E-state index in [2.05, 4.69) is 5.32 Å². The Morgan fingerprint density at radius 3 is 2.09 bits per heavy atom. The molecule has 23 heavy (non-hydrogen) atoms. The highest BCUT2D eigenvalue weighted by Gasteiger charge is 2.37. The maximum Gasteiger partial charge on any atom is 0.225 e. The van der Waals surface area contributed by atoms with Crippen LogP contribution in [-0.4, -0.2) is 55.8 Å². The van der Waals surface area contributed by atoms with Crippen LogP contribution in [0.25, 0.3) is 0 Å². The van der Waals surface area contributed by atoms with E-state index in [1.807, 2.05) is 0 Å². The Morgan fingerprint density at radius 2 is 1.57 bits per heavy atom. The number of sulfone groups is 1. The van der Waals surface area contributed by atoms with Crippen LogP contribution >= 0.6 is 0 Å². The molecular weight excluding hydrogens is 316 g/mol. The van der Waals surface area contributed by atoms with Gasteiger partial charge in [-0.25, -0.2) is 8.42 Å². The van der Waals surface area contributed by atoms with E-state index in [9.17, 15) is 18.0 Å². The van der Waals surface area contributed by atoms with Crippen LogP contribution in [0.4, 0.5) is 0 Å². The lowest BCUT2D eigenvalue weighted by Gasteiger charge is -2.32. The lowest BCUT2D eigenvalue weighted by atomic mass is 9.80. The van der Waals surface area contributed by atoms with E-state index in [-0.39, 0.29) is 41.2 Å². The zero-order chi connectivity index (χ0) is 16.6. The predicted molar refractivity (Wildman–Crippen MR) is 86.4 cm³/mol. The molecule has 7 heteroatoms. The summed E-state index contributed by atoms with van der Waals surface area (Å²) in [7, 11) is -1.26. The largest absolute Gasteiger partial charge is 0.353 e. The number of nitrogens with zero attached hydrogens (tertiary/aromatic N) is 1. The van der Waals surface area contributed by atoms with E-state index in [1.54, 1.807) is 11.9 Å². The fourth-order valence-corrected chi connectivity index (χ4v) is 5.47. The number of amides is 2. The van der Waals surface area contributed by atoms with Gasteiger partial charge in [0.05, 0.1) is 11.5 Å². The Morgan fingerprint density at radius 1 is 0.957 bits per heavy atom. The fraction of sp³-hybridized carbons (Fsp3) is 0.875. The van der Waals surface area contributed by atoms with Gasteiger partial charge in [-0.2, -0.15) is 0 Å². The maximum atomic E-state index is 12.6. The quantitative estimate of drug-likeness (QED) is 0.816. The van der Waals surface area contributed by atoms with Crippen molar-refractivity contribution in [2.24, 2.45) is 11.8 Å². The highest BCUT2D eigenvalue weighted by molar-refractivity contribution is 7.91. The van der Waals surface area contributed by atoms with E-state index in [0.29, 0.717) is 12.5 Å². The van der Waals surface area contributed by atoms with Crippen molar-refractivity contribution in [3.8, 4) is 0 Å². The first-order valence-electron chi connectivity index (χ1n) is 8.63. The van der Waals surface area contributed by atoms with E-state index in [1.165, 1.54) is 0 Å². The summed E-state index contributed by atoms with van der Waals surface area (Å²) in [4.78, 5) is 26.3. The Labute approximate surface area is 137 Å². The Bertz CT molecular complexity index is 577. The molecule has 0 aromatic heterocycles. The second kappa shape index (κ2) is 6.42. The van der Waals surface area contributed by atoms with Crippen molar-refractivity contribution in [1.82, 2.24) is 10.2 Å². The van der Waals surface area contributed by atoms with Crippen LogP contribution in [0.15, 0.2) is 0 Å². The summed E-state index contributed by atoms with van der Waals surface area (Å²) in [5.41, 5.74) is 0. The molecule has 3 aliphatic rings. The molecule has 3 rings (SSSR count). The topological polar surface area (TPSA) is 83.6 Å². The standard InChI is InChI=1S/C16H26N2O4S/c1-18(14-8-9-23(21,22)10-14)16(20)12-4-2-11(3-5-12)15(19)17-13-6-7-13/h11-14H,2-10H2,1H3,(H,17,19). The van der Waals surface area contributed by atoms with Crippen LogP contribution in [0.1, 0.15) is 44.9 Å². The third-order valence-corrected chi connectivity index (χ3v) is 7.23. The Hall–Kier alpha value is -1.11. The number of carbonyl (C=O) groups is 2. The van der Waals surface area contributed by atoms with Gasteiger partial charge in [-0.3, -0.25) is 9.59 Å². The van der Waals surface area contributed by atoms with Crippen LogP contribution in [0.5, 0.6) is 0 Å². The van der Waals surface area contributed by atoms with Crippen molar-refractivity contribution in [3.63, 3.8) is 0 Å². The molecule has 1 N–H and O–H groups in total. The van der Waals surface area contributed by atoms with Gasteiger partial charge in [0.1, 0.15) is 0 Å². The maximum absolute atomic E-state index is 12.6. The van der Waals surface area contributed by atoms with Crippen molar-refractivity contribution >= 4 is 21.7 Å². The van der Waals surface area contributed by atoms with Crippen LogP contribution in [0, 0.1) is 11.8 Å². The summed E-state index contributed by atoms with van der Waals surface area (Å²) < 4.78 is 23.1. The third-order valence-electron chi connectivity index (χ3n) is 5.47. The zero-order valence-electron chi connectivity index (χ0n) is 13.7. The summed E-state index contributed by atoms with van der Waals surface area (Å²) >= 11 is 0. The van der Waals surface area contributed by atoms with Crippen molar-refractivity contribution in [1.29, 1.82) is 0 Å². The zero-order valence-corrected chi connectivity index (χ0v) is 14.5. The van der Waals surface area contributed by atoms with Crippen molar-refractivity contribution in [2.45, 2.75) is 57.0 Å². The van der Waals surface area contributed by atoms with Gasteiger partial charge >= 0.3 is 0 Å².